The van der Waals surface area contributed by atoms with Crippen LogP contribution >= 0.6 is 11.6 Å². The normalized spacial score (nSPS) is 15.1. The standard InChI is InChI=1S/C16H17ClN2O2/c17-12-8-6-11(7-9-12)14-15(16(20)21)19-10-4-2-1-3-5-13(19)18-14/h6-9H,1-5,10H2,(H,20,21). The van der Waals surface area contributed by atoms with Gasteiger partial charge < -0.3 is 9.67 Å². The Hall–Kier alpha value is -1.81. The fraction of sp³-hybridized carbons (Fsp3) is 0.375. The SMILES string of the molecule is O=C(O)c1c(-c2ccc(Cl)cc2)nc2n1CCCCCC2. The number of fused-ring (bicyclic) bond motifs is 1. The van der Waals surface area contributed by atoms with Gasteiger partial charge in [-0.15, -0.1) is 0 Å². The van der Waals surface area contributed by atoms with Gasteiger partial charge in [-0.1, -0.05) is 36.6 Å². The molecular weight excluding hydrogens is 288 g/mol. The number of hydrogen-bond donors (Lipinski definition) is 1. The molecule has 0 saturated heterocycles. The Morgan fingerprint density at radius 2 is 1.86 bits per heavy atom. The molecule has 0 atom stereocenters. The quantitative estimate of drug-likeness (QED) is 0.911. The number of halogens is 1. The molecule has 1 aromatic heterocycles. The Labute approximate surface area is 128 Å². The van der Waals surface area contributed by atoms with Crippen LogP contribution in [0.1, 0.15) is 42.0 Å². The van der Waals surface area contributed by atoms with Crippen molar-refractivity contribution in [3.05, 3.63) is 40.8 Å². The predicted molar refractivity (Wildman–Crippen MR) is 81.8 cm³/mol. The van der Waals surface area contributed by atoms with E-state index in [4.69, 9.17) is 11.6 Å². The minimum Gasteiger partial charge on any atom is -0.477 e. The van der Waals surface area contributed by atoms with Gasteiger partial charge in [0.15, 0.2) is 5.69 Å². The van der Waals surface area contributed by atoms with Crippen molar-refractivity contribution in [3.63, 3.8) is 0 Å². The van der Waals surface area contributed by atoms with Crippen LogP contribution in [0.15, 0.2) is 24.3 Å². The monoisotopic (exact) mass is 304 g/mol. The first-order chi connectivity index (χ1) is 10.2. The average molecular weight is 305 g/mol. The van der Waals surface area contributed by atoms with Gasteiger partial charge in [-0.3, -0.25) is 0 Å². The number of aryl methyl sites for hydroxylation is 1. The summed E-state index contributed by atoms with van der Waals surface area (Å²) in [6.07, 6.45) is 5.24. The summed E-state index contributed by atoms with van der Waals surface area (Å²) in [6.45, 7) is 0.734. The lowest BCUT2D eigenvalue weighted by molar-refractivity contribution is 0.0685. The Morgan fingerprint density at radius 1 is 1.14 bits per heavy atom. The molecule has 1 aliphatic rings. The molecule has 0 radical (unpaired) electrons. The number of rotatable bonds is 2. The van der Waals surface area contributed by atoms with Gasteiger partial charge >= 0.3 is 5.97 Å². The zero-order valence-electron chi connectivity index (χ0n) is 11.7. The molecule has 0 saturated carbocycles. The second-order valence-electron chi connectivity index (χ2n) is 5.35. The van der Waals surface area contributed by atoms with Crippen molar-refractivity contribution in [2.24, 2.45) is 0 Å². The molecule has 3 rings (SSSR count). The smallest absolute Gasteiger partial charge is 0.354 e. The van der Waals surface area contributed by atoms with Crippen molar-refractivity contribution in [2.45, 2.75) is 38.6 Å². The Balaban J connectivity index is 2.13. The third-order valence-electron chi connectivity index (χ3n) is 3.90. The first kappa shape index (κ1) is 14.1. The number of aromatic carboxylic acids is 1. The number of aromatic nitrogens is 2. The molecule has 0 spiro atoms. The summed E-state index contributed by atoms with van der Waals surface area (Å²) < 4.78 is 1.88. The van der Waals surface area contributed by atoms with Crippen LogP contribution in [0.2, 0.25) is 5.02 Å². The summed E-state index contributed by atoms with van der Waals surface area (Å²) in [5.41, 5.74) is 1.65. The van der Waals surface area contributed by atoms with Crippen molar-refractivity contribution < 1.29 is 9.90 Å². The van der Waals surface area contributed by atoms with Gasteiger partial charge in [0.05, 0.1) is 0 Å². The van der Waals surface area contributed by atoms with Gasteiger partial charge in [0.2, 0.25) is 0 Å². The highest BCUT2D eigenvalue weighted by Gasteiger charge is 2.23. The summed E-state index contributed by atoms with van der Waals surface area (Å²) in [6, 6.07) is 7.17. The lowest BCUT2D eigenvalue weighted by Gasteiger charge is -2.13. The maximum absolute atomic E-state index is 11.7. The van der Waals surface area contributed by atoms with Crippen molar-refractivity contribution in [3.8, 4) is 11.3 Å². The highest BCUT2D eigenvalue weighted by Crippen LogP contribution is 2.28. The number of carboxylic acid groups (broad SMARTS) is 1. The molecule has 0 fully saturated rings. The van der Waals surface area contributed by atoms with Gasteiger partial charge in [0.25, 0.3) is 0 Å². The largest absolute Gasteiger partial charge is 0.477 e. The molecule has 1 aliphatic heterocycles. The van der Waals surface area contributed by atoms with Gasteiger partial charge in [-0.2, -0.15) is 0 Å². The summed E-state index contributed by atoms with van der Waals surface area (Å²) in [5.74, 6) is -0.0312. The number of nitrogens with zero attached hydrogens (tertiary/aromatic N) is 2. The van der Waals surface area contributed by atoms with Crippen LogP contribution in [-0.4, -0.2) is 20.6 Å². The number of hydrogen-bond acceptors (Lipinski definition) is 2. The summed E-state index contributed by atoms with van der Waals surface area (Å²) in [4.78, 5) is 16.3. The summed E-state index contributed by atoms with van der Waals surface area (Å²) in [7, 11) is 0. The van der Waals surface area contributed by atoms with E-state index in [0.717, 1.165) is 43.6 Å². The van der Waals surface area contributed by atoms with E-state index in [2.05, 4.69) is 4.98 Å². The lowest BCUT2D eigenvalue weighted by Crippen LogP contribution is -2.14. The van der Waals surface area contributed by atoms with Crippen molar-refractivity contribution in [2.75, 3.05) is 0 Å². The minimum absolute atomic E-state index is 0.300. The van der Waals surface area contributed by atoms with Crippen LogP contribution in [0.4, 0.5) is 0 Å². The number of carboxylic acids is 1. The van der Waals surface area contributed by atoms with E-state index < -0.39 is 5.97 Å². The molecule has 21 heavy (non-hydrogen) atoms. The number of carbonyl (C=O) groups is 1. The molecule has 1 N–H and O–H groups in total. The van der Waals surface area contributed by atoms with Crippen molar-refractivity contribution in [1.82, 2.24) is 9.55 Å². The highest BCUT2D eigenvalue weighted by atomic mass is 35.5. The zero-order chi connectivity index (χ0) is 14.8. The summed E-state index contributed by atoms with van der Waals surface area (Å²) in [5, 5.41) is 10.2. The van der Waals surface area contributed by atoms with Crippen LogP contribution in [0.3, 0.4) is 0 Å². The molecule has 0 amide bonds. The first-order valence-corrected chi connectivity index (χ1v) is 7.63. The van der Waals surface area contributed by atoms with Gasteiger partial charge in [-0.05, 0) is 25.0 Å². The van der Waals surface area contributed by atoms with E-state index in [9.17, 15) is 9.90 Å². The summed E-state index contributed by atoms with van der Waals surface area (Å²) >= 11 is 5.90. The maximum Gasteiger partial charge on any atom is 0.354 e. The molecule has 5 heteroatoms. The second kappa shape index (κ2) is 5.90. The fourth-order valence-electron chi connectivity index (χ4n) is 2.86. The van der Waals surface area contributed by atoms with Crippen LogP contribution in [0.25, 0.3) is 11.3 Å². The molecule has 0 aliphatic carbocycles. The topological polar surface area (TPSA) is 55.1 Å². The molecule has 2 heterocycles. The van der Waals surface area contributed by atoms with E-state index in [0.29, 0.717) is 16.4 Å². The Morgan fingerprint density at radius 3 is 2.57 bits per heavy atom. The number of benzene rings is 1. The Kier molecular flexibility index (Phi) is 3.97. The van der Waals surface area contributed by atoms with Crippen LogP contribution < -0.4 is 0 Å². The Bertz CT molecular complexity index is 662. The van der Waals surface area contributed by atoms with Crippen LogP contribution in [0.5, 0.6) is 0 Å². The maximum atomic E-state index is 11.7. The van der Waals surface area contributed by atoms with Crippen molar-refractivity contribution in [1.29, 1.82) is 0 Å². The lowest BCUT2D eigenvalue weighted by atomic mass is 10.1. The van der Waals surface area contributed by atoms with Crippen molar-refractivity contribution >= 4 is 17.6 Å². The van der Waals surface area contributed by atoms with Gasteiger partial charge in [-0.25, -0.2) is 9.78 Å². The van der Waals surface area contributed by atoms with Gasteiger partial charge in [0, 0.05) is 23.6 Å². The fourth-order valence-corrected chi connectivity index (χ4v) is 2.99. The van der Waals surface area contributed by atoms with E-state index >= 15 is 0 Å². The van der Waals surface area contributed by atoms with Crippen LogP contribution in [0, 0.1) is 0 Å². The average Bonchev–Trinajstić information content (AvgIpc) is 2.77. The van der Waals surface area contributed by atoms with Gasteiger partial charge in [0.1, 0.15) is 11.5 Å². The van der Waals surface area contributed by atoms with E-state index in [1.54, 1.807) is 12.1 Å². The molecular formula is C16H17ClN2O2. The van der Waals surface area contributed by atoms with E-state index in [1.807, 2.05) is 16.7 Å². The minimum atomic E-state index is -0.917. The molecule has 0 bridgehead atoms. The molecule has 0 unspecified atom stereocenters. The molecule has 1 aromatic carbocycles. The zero-order valence-corrected chi connectivity index (χ0v) is 12.4. The van der Waals surface area contributed by atoms with E-state index in [1.165, 1.54) is 6.42 Å². The molecule has 2 aromatic rings. The third-order valence-corrected chi connectivity index (χ3v) is 4.15. The van der Waals surface area contributed by atoms with E-state index in [-0.39, 0.29) is 0 Å². The number of imidazole rings is 1. The molecule has 4 nitrogen and oxygen atoms in total. The second-order valence-corrected chi connectivity index (χ2v) is 5.79. The predicted octanol–water partition coefficient (Wildman–Crippen LogP) is 4.02. The first-order valence-electron chi connectivity index (χ1n) is 7.25. The third kappa shape index (κ3) is 2.81. The van der Waals surface area contributed by atoms with Crippen LogP contribution in [-0.2, 0) is 13.0 Å². The highest BCUT2D eigenvalue weighted by molar-refractivity contribution is 6.30. The molecule has 110 valence electrons.